The van der Waals surface area contributed by atoms with E-state index >= 15 is 0 Å². The van der Waals surface area contributed by atoms with Crippen molar-refractivity contribution < 1.29 is 0 Å². The van der Waals surface area contributed by atoms with Crippen molar-refractivity contribution in [2.45, 2.75) is 19.4 Å². The Morgan fingerprint density at radius 3 is 2.95 bits per heavy atom. The Labute approximate surface area is 153 Å². The Morgan fingerprint density at radius 1 is 1.45 bits per heavy atom. The highest BCUT2D eigenvalue weighted by atomic mass is 127. The van der Waals surface area contributed by atoms with Gasteiger partial charge in [-0.2, -0.15) is 5.10 Å². The van der Waals surface area contributed by atoms with E-state index in [1.54, 1.807) is 0 Å². The molecule has 0 saturated heterocycles. The molecule has 1 N–H and O–H groups in total. The molecule has 2 aromatic rings. The molecule has 0 aliphatic heterocycles. The van der Waals surface area contributed by atoms with Crippen molar-refractivity contribution in [3.63, 3.8) is 0 Å². The Morgan fingerprint density at radius 2 is 2.32 bits per heavy atom. The molecule has 0 saturated carbocycles. The van der Waals surface area contributed by atoms with Crippen molar-refractivity contribution in [3.8, 4) is 0 Å². The number of aliphatic imine (C=N–C) groups is 1. The summed E-state index contributed by atoms with van der Waals surface area (Å²) < 4.78 is 1.95. The molecule has 0 fully saturated rings. The Hall–Kier alpha value is -1.09. The van der Waals surface area contributed by atoms with Crippen molar-refractivity contribution in [2.75, 3.05) is 27.2 Å². The molecule has 0 aliphatic rings. The molecule has 0 atom stereocenters. The molecular formula is C15H24IN5S. The van der Waals surface area contributed by atoms with E-state index in [0.717, 1.165) is 38.4 Å². The van der Waals surface area contributed by atoms with Crippen LogP contribution < -0.4 is 5.32 Å². The van der Waals surface area contributed by atoms with Crippen molar-refractivity contribution >= 4 is 41.3 Å². The van der Waals surface area contributed by atoms with Gasteiger partial charge in [-0.05, 0) is 30.4 Å². The van der Waals surface area contributed by atoms with Gasteiger partial charge in [0.05, 0.1) is 0 Å². The van der Waals surface area contributed by atoms with Crippen molar-refractivity contribution in [2.24, 2.45) is 4.99 Å². The van der Waals surface area contributed by atoms with Gasteiger partial charge in [-0.15, -0.1) is 35.3 Å². The number of aromatic nitrogens is 2. The van der Waals surface area contributed by atoms with Gasteiger partial charge in [0.1, 0.15) is 0 Å². The van der Waals surface area contributed by atoms with E-state index in [1.165, 1.54) is 4.88 Å². The minimum absolute atomic E-state index is 0. The lowest BCUT2D eigenvalue weighted by molar-refractivity contribution is 0.480. The molecule has 0 bridgehead atoms. The molecule has 0 radical (unpaired) electrons. The Kier molecular flexibility index (Phi) is 9.14. The highest BCUT2D eigenvalue weighted by molar-refractivity contribution is 14.0. The highest BCUT2D eigenvalue weighted by Gasteiger charge is 2.05. The Bertz CT molecular complexity index is 524. The number of nitrogens with one attached hydrogen (secondary N) is 1. The summed E-state index contributed by atoms with van der Waals surface area (Å²) in [5.74, 6) is 0.951. The van der Waals surface area contributed by atoms with Gasteiger partial charge < -0.3 is 10.2 Å². The molecule has 0 aliphatic carbocycles. The van der Waals surface area contributed by atoms with Gasteiger partial charge in [0, 0.05) is 51.0 Å². The molecule has 7 heteroatoms. The van der Waals surface area contributed by atoms with Crippen LogP contribution >= 0.6 is 35.3 Å². The highest BCUT2D eigenvalue weighted by Crippen LogP contribution is 2.09. The second-order valence-electron chi connectivity index (χ2n) is 4.85. The van der Waals surface area contributed by atoms with Crippen LogP contribution in [-0.4, -0.2) is 47.8 Å². The fourth-order valence-electron chi connectivity index (χ4n) is 2.10. The lowest BCUT2D eigenvalue weighted by atomic mass is 10.3. The number of likely N-dealkylation sites (N-methyl/N-ethyl adjacent to an activating group) is 1. The summed E-state index contributed by atoms with van der Waals surface area (Å²) >= 11 is 1.81. The van der Waals surface area contributed by atoms with E-state index in [9.17, 15) is 0 Å². The first-order valence-corrected chi connectivity index (χ1v) is 8.09. The quantitative estimate of drug-likeness (QED) is 0.316. The number of thiophene rings is 1. The zero-order valence-corrected chi connectivity index (χ0v) is 16.3. The maximum atomic E-state index is 4.33. The van der Waals surface area contributed by atoms with E-state index < -0.39 is 0 Å². The zero-order valence-electron chi connectivity index (χ0n) is 13.1. The number of hydrogen-bond acceptors (Lipinski definition) is 3. The third-order valence-corrected chi connectivity index (χ3v) is 4.19. The van der Waals surface area contributed by atoms with Gasteiger partial charge in [0.25, 0.3) is 0 Å². The maximum Gasteiger partial charge on any atom is 0.193 e. The zero-order chi connectivity index (χ0) is 14.9. The number of aryl methyl sites for hydroxylation is 1. The van der Waals surface area contributed by atoms with Gasteiger partial charge in [-0.25, -0.2) is 0 Å². The molecule has 0 aromatic carbocycles. The van der Waals surface area contributed by atoms with Gasteiger partial charge in [-0.1, -0.05) is 6.07 Å². The number of halogens is 1. The molecule has 0 unspecified atom stereocenters. The Balaban J connectivity index is 0.00000242. The topological polar surface area (TPSA) is 45.5 Å². The molecule has 2 rings (SSSR count). The maximum absolute atomic E-state index is 4.33. The van der Waals surface area contributed by atoms with Crippen LogP contribution in [0.1, 0.15) is 11.3 Å². The van der Waals surface area contributed by atoms with Gasteiger partial charge >= 0.3 is 0 Å². The third-order valence-electron chi connectivity index (χ3n) is 3.25. The normalized spacial score (nSPS) is 11.1. The van der Waals surface area contributed by atoms with Crippen LogP contribution in [0.5, 0.6) is 0 Å². The minimum Gasteiger partial charge on any atom is -0.356 e. The van der Waals surface area contributed by atoms with E-state index in [0.29, 0.717) is 0 Å². The molecule has 0 spiro atoms. The lowest BCUT2D eigenvalue weighted by Gasteiger charge is -2.21. The van der Waals surface area contributed by atoms with E-state index in [-0.39, 0.29) is 24.0 Å². The van der Waals surface area contributed by atoms with Gasteiger partial charge in [-0.3, -0.25) is 9.67 Å². The fraction of sp³-hybridized carbons (Fsp3) is 0.467. The van der Waals surface area contributed by atoms with Crippen LogP contribution in [0.25, 0.3) is 0 Å². The number of rotatable bonds is 7. The minimum atomic E-state index is 0. The second kappa shape index (κ2) is 10.6. The van der Waals surface area contributed by atoms with E-state index in [4.69, 9.17) is 0 Å². The average molecular weight is 433 g/mol. The van der Waals surface area contributed by atoms with Crippen molar-refractivity contribution in [3.05, 3.63) is 40.8 Å². The standard InChI is InChI=1S/C15H23N5S.HI/c1-16-15(17-8-4-10-20-11-5-9-18-20)19(2)12-7-14-6-3-13-21-14;/h3,5-6,9,11,13H,4,7-8,10,12H2,1-2H3,(H,16,17);1H. The molecule has 22 heavy (non-hydrogen) atoms. The molecule has 5 nitrogen and oxygen atoms in total. The monoisotopic (exact) mass is 433 g/mol. The predicted octanol–water partition coefficient (Wildman–Crippen LogP) is 2.70. The molecule has 0 amide bonds. The summed E-state index contributed by atoms with van der Waals surface area (Å²) in [5.41, 5.74) is 0. The summed E-state index contributed by atoms with van der Waals surface area (Å²) in [4.78, 5) is 7.92. The summed E-state index contributed by atoms with van der Waals surface area (Å²) in [7, 11) is 3.91. The molecule has 122 valence electrons. The van der Waals surface area contributed by atoms with Crippen LogP contribution in [0.4, 0.5) is 0 Å². The summed E-state index contributed by atoms with van der Waals surface area (Å²) in [6.07, 6.45) is 5.88. The first kappa shape index (κ1) is 19.0. The lowest BCUT2D eigenvalue weighted by Crippen LogP contribution is -2.40. The average Bonchev–Trinajstić information content (AvgIpc) is 3.18. The number of hydrogen-bond donors (Lipinski definition) is 1. The third kappa shape index (κ3) is 6.35. The molecule has 2 heterocycles. The SMILES string of the molecule is CN=C(NCCCn1cccn1)N(C)CCc1cccs1.I. The van der Waals surface area contributed by atoms with E-state index in [2.05, 4.69) is 44.9 Å². The van der Waals surface area contributed by atoms with E-state index in [1.807, 2.05) is 41.5 Å². The van der Waals surface area contributed by atoms with Crippen LogP contribution in [0, 0.1) is 0 Å². The number of nitrogens with zero attached hydrogens (tertiary/aromatic N) is 4. The van der Waals surface area contributed by atoms with Crippen molar-refractivity contribution in [1.29, 1.82) is 0 Å². The number of guanidine groups is 1. The molecular weight excluding hydrogens is 409 g/mol. The van der Waals surface area contributed by atoms with Crippen LogP contribution in [0.2, 0.25) is 0 Å². The smallest absolute Gasteiger partial charge is 0.193 e. The first-order valence-electron chi connectivity index (χ1n) is 7.21. The predicted molar refractivity (Wildman–Crippen MR) is 104 cm³/mol. The largest absolute Gasteiger partial charge is 0.356 e. The summed E-state index contributed by atoms with van der Waals surface area (Å²) in [5, 5.41) is 9.72. The summed E-state index contributed by atoms with van der Waals surface area (Å²) in [6, 6.07) is 6.23. The van der Waals surface area contributed by atoms with Gasteiger partial charge in [0.15, 0.2) is 5.96 Å². The van der Waals surface area contributed by atoms with Crippen LogP contribution in [-0.2, 0) is 13.0 Å². The van der Waals surface area contributed by atoms with Crippen molar-refractivity contribution in [1.82, 2.24) is 20.0 Å². The van der Waals surface area contributed by atoms with Crippen LogP contribution in [0.3, 0.4) is 0 Å². The van der Waals surface area contributed by atoms with Gasteiger partial charge in [0.2, 0.25) is 0 Å². The first-order chi connectivity index (χ1) is 10.3. The molecule has 2 aromatic heterocycles. The fourth-order valence-corrected chi connectivity index (χ4v) is 2.80. The second-order valence-corrected chi connectivity index (χ2v) is 5.88. The van der Waals surface area contributed by atoms with Crippen LogP contribution in [0.15, 0.2) is 41.0 Å². The summed E-state index contributed by atoms with van der Waals surface area (Å²) in [6.45, 7) is 2.80.